The number of aromatic nitrogens is 1. The topological polar surface area (TPSA) is 63.7 Å². The van der Waals surface area contributed by atoms with Crippen molar-refractivity contribution in [3.63, 3.8) is 0 Å². The summed E-state index contributed by atoms with van der Waals surface area (Å²) in [5, 5.41) is 4.54. The van der Waals surface area contributed by atoms with E-state index in [0.29, 0.717) is 25.0 Å². The van der Waals surface area contributed by atoms with Gasteiger partial charge in [-0.2, -0.15) is 0 Å². The summed E-state index contributed by atoms with van der Waals surface area (Å²) in [4.78, 5) is 18.9. The molecule has 1 saturated heterocycles. The summed E-state index contributed by atoms with van der Waals surface area (Å²) in [6, 6.07) is 16.6. The first-order valence-corrected chi connectivity index (χ1v) is 12.4. The number of nitrogens with one attached hydrogen (secondary N) is 1. The second-order valence-corrected chi connectivity index (χ2v) is 9.26. The average Bonchev–Trinajstić information content (AvgIpc) is 2.86. The molecule has 0 radical (unpaired) electrons. The summed E-state index contributed by atoms with van der Waals surface area (Å²) < 4.78 is 12.0. The number of piperidine rings is 1. The van der Waals surface area contributed by atoms with Crippen molar-refractivity contribution in [2.45, 2.75) is 39.0 Å². The Bertz CT molecular complexity index is 1170. The van der Waals surface area contributed by atoms with E-state index in [0.717, 1.165) is 66.1 Å². The van der Waals surface area contributed by atoms with E-state index in [1.807, 2.05) is 49.1 Å². The number of carbonyl (C=O) groups is 1. The number of pyridine rings is 1. The van der Waals surface area contributed by atoms with Crippen molar-refractivity contribution in [3.05, 3.63) is 59.8 Å². The van der Waals surface area contributed by atoms with Crippen molar-refractivity contribution >= 4 is 22.5 Å². The molecule has 1 atom stereocenters. The van der Waals surface area contributed by atoms with Gasteiger partial charge in [-0.1, -0.05) is 12.1 Å². The smallest absolute Gasteiger partial charge is 0.265 e. The van der Waals surface area contributed by atoms with Gasteiger partial charge in [0.1, 0.15) is 11.5 Å². The fourth-order valence-corrected chi connectivity index (χ4v) is 5.37. The maximum atomic E-state index is 12.4. The second kappa shape index (κ2) is 10.0. The molecule has 5 rings (SSSR count). The minimum absolute atomic E-state index is 0.0219. The van der Waals surface area contributed by atoms with Crippen LogP contribution in [0, 0.1) is 12.8 Å². The molecule has 2 aromatic carbocycles. The summed E-state index contributed by atoms with van der Waals surface area (Å²) in [6.07, 6.45) is 3.21. The van der Waals surface area contributed by atoms with Crippen LogP contribution >= 0.6 is 0 Å². The van der Waals surface area contributed by atoms with Gasteiger partial charge < -0.3 is 19.7 Å². The number of fused-ring (bicyclic) bond motifs is 2. The molecule has 1 N–H and O–H groups in total. The number of hydrogen-bond acceptors (Lipinski definition) is 5. The lowest BCUT2D eigenvalue weighted by Crippen LogP contribution is -2.38. The zero-order valence-corrected chi connectivity index (χ0v) is 20.0. The Morgan fingerprint density at radius 3 is 2.85 bits per heavy atom. The van der Waals surface area contributed by atoms with Gasteiger partial charge in [0, 0.05) is 17.6 Å². The highest BCUT2D eigenvalue weighted by atomic mass is 16.5. The third-order valence-electron chi connectivity index (χ3n) is 7.14. The Hall–Kier alpha value is -3.12. The van der Waals surface area contributed by atoms with Crippen LogP contribution in [-0.2, 0) is 4.79 Å². The number of ether oxygens (including phenoxy) is 2. The van der Waals surface area contributed by atoms with Crippen molar-refractivity contribution < 1.29 is 14.3 Å². The molecular weight excluding hydrogens is 426 g/mol. The van der Waals surface area contributed by atoms with Gasteiger partial charge in [-0.05, 0) is 100.0 Å². The van der Waals surface area contributed by atoms with Crippen LogP contribution in [0.3, 0.4) is 0 Å². The largest absolute Gasteiger partial charge is 0.493 e. The highest BCUT2D eigenvalue weighted by molar-refractivity contribution is 5.97. The minimum atomic E-state index is 0.0219. The average molecular weight is 460 g/mol. The van der Waals surface area contributed by atoms with E-state index in [1.54, 1.807) is 0 Å². The molecule has 3 heterocycles. The SMILES string of the molecule is CCN1C(=O)COc2ccc(C(CCOc3cccc4nc(C)ccc34)C3CCNCC3)cc21. The van der Waals surface area contributed by atoms with E-state index >= 15 is 0 Å². The molecule has 6 heteroatoms. The third kappa shape index (κ3) is 4.60. The lowest BCUT2D eigenvalue weighted by molar-refractivity contribution is -0.121. The number of benzene rings is 2. The van der Waals surface area contributed by atoms with Crippen LogP contribution < -0.4 is 19.7 Å². The number of rotatable bonds is 7. The number of carbonyl (C=O) groups excluding carboxylic acids is 1. The molecular formula is C28H33N3O3. The maximum absolute atomic E-state index is 12.4. The molecule has 1 fully saturated rings. The zero-order chi connectivity index (χ0) is 23.5. The molecule has 34 heavy (non-hydrogen) atoms. The van der Waals surface area contributed by atoms with Gasteiger partial charge in [0.25, 0.3) is 5.91 Å². The Morgan fingerprint density at radius 1 is 1.18 bits per heavy atom. The van der Waals surface area contributed by atoms with Crippen molar-refractivity contribution in [1.82, 2.24) is 10.3 Å². The van der Waals surface area contributed by atoms with Gasteiger partial charge in [0.05, 0.1) is 17.8 Å². The van der Waals surface area contributed by atoms with Crippen molar-refractivity contribution in [3.8, 4) is 11.5 Å². The molecule has 0 aliphatic carbocycles. The summed E-state index contributed by atoms with van der Waals surface area (Å²) in [6.45, 7) is 7.50. The molecule has 2 aliphatic rings. The van der Waals surface area contributed by atoms with E-state index in [-0.39, 0.29) is 12.5 Å². The van der Waals surface area contributed by atoms with Gasteiger partial charge in [0.2, 0.25) is 0 Å². The predicted octanol–water partition coefficient (Wildman–Crippen LogP) is 4.84. The van der Waals surface area contributed by atoms with Crippen LogP contribution in [0.4, 0.5) is 5.69 Å². The van der Waals surface area contributed by atoms with Gasteiger partial charge in [-0.3, -0.25) is 9.78 Å². The van der Waals surface area contributed by atoms with Gasteiger partial charge in [-0.15, -0.1) is 0 Å². The Kier molecular flexibility index (Phi) is 6.68. The number of aryl methyl sites for hydroxylation is 1. The van der Waals surface area contributed by atoms with Crippen molar-refractivity contribution in [2.75, 3.05) is 37.7 Å². The molecule has 1 aromatic heterocycles. The van der Waals surface area contributed by atoms with Crippen molar-refractivity contribution in [2.24, 2.45) is 5.92 Å². The lowest BCUT2D eigenvalue weighted by Gasteiger charge is -2.33. The minimum Gasteiger partial charge on any atom is -0.493 e. The summed E-state index contributed by atoms with van der Waals surface area (Å²) in [7, 11) is 0. The Balaban J connectivity index is 1.38. The fraction of sp³-hybridized carbons (Fsp3) is 0.429. The number of anilines is 1. The molecule has 3 aromatic rings. The highest BCUT2D eigenvalue weighted by Crippen LogP contribution is 2.40. The van der Waals surface area contributed by atoms with Gasteiger partial charge in [-0.25, -0.2) is 0 Å². The molecule has 178 valence electrons. The highest BCUT2D eigenvalue weighted by Gasteiger charge is 2.29. The molecule has 2 aliphatic heterocycles. The summed E-state index contributed by atoms with van der Waals surface area (Å²) in [5.74, 6) is 2.64. The molecule has 0 saturated carbocycles. The zero-order valence-electron chi connectivity index (χ0n) is 20.0. The third-order valence-corrected chi connectivity index (χ3v) is 7.14. The van der Waals surface area contributed by atoms with E-state index < -0.39 is 0 Å². The maximum Gasteiger partial charge on any atom is 0.265 e. The number of hydrogen-bond donors (Lipinski definition) is 1. The van der Waals surface area contributed by atoms with Crippen molar-refractivity contribution in [1.29, 1.82) is 0 Å². The van der Waals surface area contributed by atoms with Crippen LogP contribution in [0.15, 0.2) is 48.5 Å². The summed E-state index contributed by atoms with van der Waals surface area (Å²) in [5.41, 5.74) is 4.13. The van der Waals surface area contributed by atoms with Gasteiger partial charge >= 0.3 is 0 Å². The Labute approximate surface area is 201 Å². The van der Waals surface area contributed by atoms with Crippen LogP contribution in [0.25, 0.3) is 10.9 Å². The fourth-order valence-electron chi connectivity index (χ4n) is 5.37. The first-order valence-electron chi connectivity index (χ1n) is 12.4. The van der Waals surface area contributed by atoms with Gasteiger partial charge in [0.15, 0.2) is 6.61 Å². The van der Waals surface area contributed by atoms with Crippen LogP contribution in [0.2, 0.25) is 0 Å². The Morgan fingerprint density at radius 2 is 2.03 bits per heavy atom. The van der Waals surface area contributed by atoms with Crippen LogP contribution in [0.5, 0.6) is 11.5 Å². The first kappa shape index (κ1) is 22.7. The van der Waals surface area contributed by atoms with E-state index in [1.165, 1.54) is 5.56 Å². The van der Waals surface area contributed by atoms with E-state index in [9.17, 15) is 4.79 Å². The first-order chi connectivity index (χ1) is 16.6. The van der Waals surface area contributed by atoms with E-state index in [4.69, 9.17) is 9.47 Å². The number of nitrogens with zero attached hydrogens (tertiary/aromatic N) is 2. The molecule has 1 amide bonds. The second-order valence-electron chi connectivity index (χ2n) is 9.26. The standard InChI is InChI=1S/C28H33N3O3/c1-3-31-25-17-21(8-10-27(25)34-18-28(31)32)22(20-11-14-29-15-12-20)13-16-33-26-6-4-5-24-23(26)9-7-19(2)30-24/h4-10,17,20,22,29H,3,11-16,18H2,1-2H3. The predicted molar refractivity (Wildman–Crippen MR) is 135 cm³/mol. The molecule has 0 spiro atoms. The normalized spacial score (nSPS) is 17.4. The number of likely N-dealkylation sites (N-methyl/N-ethyl adjacent to an activating group) is 1. The lowest BCUT2D eigenvalue weighted by atomic mass is 9.78. The quantitative estimate of drug-likeness (QED) is 0.548. The van der Waals surface area contributed by atoms with Crippen LogP contribution in [-0.4, -0.2) is 43.7 Å². The monoisotopic (exact) mass is 459 g/mol. The summed E-state index contributed by atoms with van der Waals surface area (Å²) >= 11 is 0. The number of amides is 1. The molecule has 0 bridgehead atoms. The molecule has 1 unspecified atom stereocenters. The van der Waals surface area contributed by atoms with E-state index in [2.05, 4.69) is 28.5 Å². The molecule has 6 nitrogen and oxygen atoms in total. The van der Waals surface area contributed by atoms with Crippen LogP contribution in [0.1, 0.15) is 43.4 Å².